The summed E-state index contributed by atoms with van der Waals surface area (Å²) in [4.78, 5) is 0. The van der Waals surface area contributed by atoms with Gasteiger partial charge in [0.05, 0.1) is 6.10 Å². The molecule has 1 aliphatic heterocycles. The Balaban J connectivity index is 2.19. The summed E-state index contributed by atoms with van der Waals surface area (Å²) >= 11 is 0. The fraction of sp³-hybridized carbons (Fsp3) is 0.647. The van der Waals surface area contributed by atoms with Crippen LogP contribution in [0, 0.1) is 26.7 Å². The highest BCUT2D eigenvalue weighted by molar-refractivity contribution is 5.38. The summed E-state index contributed by atoms with van der Waals surface area (Å²) in [6.07, 6.45) is 2.60. The van der Waals surface area contributed by atoms with E-state index >= 15 is 0 Å². The molecule has 2 rings (SSSR count). The van der Waals surface area contributed by atoms with Gasteiger partial charge in [0.1, 0.15) is 0 Å². The van der Waals surface area contributed by atoms with Crippen LogP contribution < -0.4 is 5.32 Å². The normalized spacial score (nSPS) is 24.7. The molecule has 19 heavy (non-hydrogen) atoms. The van der Waals surface area contributed by atoms with E-state index in [9.17, 15) is 0 Å². The molecule has 1 fully saturated rings. The third-order valence-corrected chi connectivity index (χ3v) is 4.48. The van der Waals surface area contributed by atoms with Crippen molar-refractivity contribution in [3.05, 3.63) is 34.4 Å². The van der Waals surface area contributed by atoms with Gasteiger partial charge in [0.25, 0.3) is 0 Å². The summed E-state index contributed by atoms with van der Waals surface area (Å²) in [7, 11) is 2.05. The van der Waals surface area contributed by atoms with E-state index in [1.165, 1.54) is 28.7 Å². The van der Waals surface area contributed by atoms with Crippen molar-refractivity contribution in [3.8, 4) is 0 Å². The molecule has 0 bridgehead atoms. The van der Waals surface area contributed by atoms with Crippen molar-refractivity contribution in [2.24, 2.45) is 5.92 Å². The zero-order valence-corrected chi connectivity index (χ0v) is 12.9. The van der Waals surface area contributed by atoms with Gasteiger partial charge in [-0.05, 0) is 63.3 Å². The topological polar surface area (TPSA) is 21.3 Å². The Kier molecular flexibility index (Phi) is 4.64. The van der Waals surface area contributed by atoms with Gasteiger partial charge in [0.15, 0.2) is 0 Å². The molecule has 0 aliphatic carbocycles. The first-order valence-electron chi connectivity index (χ1n) is 7.38. The average Bonchev–Trinajstić information content (AvgIpc) is 2.75. The summed E-state index contributed by atoms with van der Waals surface area (Å²) in [5.74, 6) is 0.656. The minimum atomic E-state index is 0.352. The molecule has 1 aromatic rings. The number of hydrogen-bond acceptors (Lipinski definition) is 2. The Morgan fingerprint density at radius 3 is 2.37 bits per heavy atom. The van der Waals surface area contributed by atoms with Crippen molar-refractivity contribution in [1.82, 2.24) is 5.32 Å². The van der Waals surface area contributed by atoms with Crippen molar-refractivity contribution in [2.75, 3.05) is 13.7 Å². The Bertz CT molecular complexity index is 418. The van der Waals surface area contributed by atoms with Gasteiger partial charge in [-0.25, -0.2) is 0 Å². The molecule has 3 unspecified atom stereocenters. The third kappa shape index (κ3) is 3.18. The lowest BCUT2D eigenvalue weighted by Gasteiger charge is -2.27. The second kappa shape index (κ2) is 6.06. The van der Waals surface area contributed by atoms with Gasteiger partial charge in [-0.3, -0.25) is 0 Å². The van der Waals surface area contributed by atoms with Crippen molar-refractivity contribution in [1.29, 1.82) is 0 Å². The zero-order valence-electron chi connectivity index (χ0n) is 12.9. The molecule has 0 amide bonds. The molecule has 1 N–H and O–H groups in total. The van der Waals surface area contributed by atoms with Crippen LogP contribution in [0.4, 0.5) is 0 Å². The highest BCUT2D eigenvalue weighted by Crippen LogP contribution is 2.26. The van der Waals surface area contributed by atoms with Crippen LogP contribution in [-0.2, 0) is 11.2 Å². The molecule has 1 aliphatic rings. The molecular formula is C17H27NO. The fourth-order valence-corrected chi connectivity index (χ4v) is 3.37. The Morgan fingerprint density at radius 1 is 1.26 bits per heavy atom. The molecule has 1 heterocycles. The molecule has 0 radical (unpaired) electrons. The Morgan fingerprint density at radius 2 is 1.89 bits per heavy atom. The second-order valence-electron chi connectivity index (χ2n) is 6.08. The lowest BCUT2D eigenvalue weighted by atomic mass is 9.89. The first-order chi connectivity index (χ1) is 9.02. The van der Waals surface area contributed by atoms with Gasteiger partial charge in [0, 0.05) is 12.6 Å². The van der Waals surface area contributed by atoms with E-state index < -0.39 is 0 Å². The lowest BCUT2D eigenvalue weighted by Crippen LogP contribution is -2.42. The highest BCUT2D eigenvalue weighted by atomic mass is 16.5. The van der Waals surface area contributed by atoms with Gasteiger partial charge >= 0.3 is 0 Å². The molecule has 106 valence electrons. The first kappa shape index (κ1) is 14.5. The summed E-state index contributed by atoms with van der Waals surface area (Å²) < 4.78 is 5.93. The molecule has 0 saturated carbocycles. The van der Waals surface area contributed by atoms with E-state index in [0.29, 0.717) is 18.1 Å². The van der Waals surface area contributed by atoms with Crippen LogP contribution >= 0.6 is 0 Å². The number of likely N-dealkylation sites (N-methyl/N-ethyl adjacent to an activating group) is 1. The van der Waals surface area contributed by atoms with Gasteiger partial charge in [-0.2, -0.15) is 0 Å². The highest BCUT2D eigenvalue weighted by Gasteiger charge is 2.31. The molecule has 2 heteroatoms. The van der Waals surface area contributed by atoms with Crippen LogP contribution in [0.5, 0.6) is 0 Å². The molecule has 2 nitrogen and oxygen atoms in total. The molecule has 1 aromatic carbocycles. The molecule has 0 aromatic heterocycles. The third-order valence-electron chi connectivity index (χ3n) is 4.48. The summed E-state index contributed by atoms with van der Waals surface area (Å²) in [6, 6.07) is 4.99. The van der Waals surface area contributed by atoms with Gasteiger partial charge in [0.2, 0.25) is 0 Å². The Labute approximate surface area is 117 Å². The number of rotatable bonds is 4. The average molecular weight is 261 g/mol. The van der Waals surface area contributed by atoms with E-state index in [4.69, 9.17) is 4.74 Å². The van der Waals surface area contributed by atoms with Crippen LogP contribution in [0.1, 0.15) is 35.6 Å². The smallest absolute Gasteiger partial charge is 0.0757 e. The Hall–Kier alpha value is -0.860. The van der Waals surface area contributed by atoms with Gasteiger partial charge in [-0.15, -0.1) is 0 Å². The van der Waals surface area contributed by atoms with Gasteiger partial charge in [-0.1, -0.05) is 24.6 Å². The number of aryl methyl sites for hydroxylation is 3. The van der Waals surface area contributed by atoms with Crippen molar-refractivity contribution in [3.63, 3.8) is 0 Å². The standard InChI is InChI=1S/C17H27NO/c1-11-8-13(3)15(14(4)9-11)10-16(18-5)17-12(2)6-7-19-17/h8-9,12,16-18H,6-7,10H2,1-5H3. The SMILES string of the molecule is CNC(Cc1c(C)cc(C)cc1C)C1OCCC1C. The van der Waals surface area contributed by atoms with E-state index in [1.807, 2.05) is 0 Å². The van der Waals surface area contributed by atoms with Crippen LogP contribution in [0.25, 0.3) is 0 Å². The van der Waals surface area contributed by atoms with E-state index in [0.717, 1.165) is 13.0 Å². The van der Waals surface area contributed by atoms with Crippen LogP contribution in [0.3, 0.4) is 0 Å². The summed E-state index contributed by atoms with van der Waals surface area (Å²) in [5, 5.41) is 3.47. The van der Waals surface area contributed by atoms with E-state index in [-0.39, 0.29) is 0 Å². The van der Waals surface area contributed by atoms with Crippen molar-refractivity contribution >= 4 is 0 Å². The maximum absolute atomic E-state index is 5.93. The number of ether oxygens (including phenoxy) is 1. The minimum Gasteiger partial charge on any atom is -0.376 e. The molecular weight excluding hydrogens is 234 g/mol. The van der Waals surface area contributed by atoms with Crippen LogP contribution in [0.15, 0.2) is 12.1 Å². The largest absolute Gasteiger partial charge is 0.376 e. The van der Waals surface area contributed by atoms with Crippen LogP contribution in [-0.4, -0.2) is 25.8 Å². The maximum atomic E-state index is 5.93. The molecule has 0 spiro atoms. The lowest BCUT2D eigenvalue weighted by molar-refractivity contribution is 0.0633. The van der Waals surface area contributed by atoms with Crippen LogP contribution in [0.2, 0.25) is 0 Å². The van der Waals surface area contributed by atoms with Gasteiger partial charge < -0.3 is 10.1 Å². The first-order valence-corrected chi connectivity index (χ1v) is 7.38. The maximum Gasteiger partial charge on any atom is 0.0757 e. The monoisotopic (exact) mass is 261 g/mol. The molecule has 3 atom stereocenters. The van der Waals surface area contributed by atoms with E-state index in [1.54, 1.807) is 0 Å². The minimum absolute atomic E-state index is 0.352. The predicted octanol–water partition coefficient (Wildman–Crippen LogP) is 3.17. The molecule has 1 saturated heterocycles. The second-order valence-corrected chi connectivity index (χ2v) is 6.08. The van der Waals surface area contributed by atoms with Crippen molar-refractivity contribution < 1.29 is 4.74 Å². The quantitative estimate of drug-likeness (QED) is 0.899. The van der Waals surface area contributed by atoms with Crippen molar-refractivity contribution in [2.45, 2.75) is 52.7 Å². The number of nitrogens with one attached hydrogen (secondary N) is 1. The number of benzene rings is 1. The fourth-order valence-electron chi connectivity index (χ4n) is 3.37. The number of hydrogen-bond donors (Lipinski definition) is 1. The zero-order chi connectivity index (χ0) is 14.0. The predicted molar refractivity (Wildman–Crippen MR) is 80.7 cm³/mol. The summed E-state index contributed by atoms with van der Waals surface area (Å²) in [5.41, 5.74) is 5.64. The summed E-state index contributed by atoms with van der Waals surface area (Å²) in [6.45, 7) is 9.83. The van der Waals surface area contributed by atoms with E-state index in [2.05, 4.69) is 52.2 Å².